The first-order chi connectivity index (χ1) is 14.2. The van der Waals surface area contributed by atoms with E-state index in [1.54, 1.807) is 28.7 Å². The summed E-state index contributed by atoms with van der Waals surface area (Å²) >= 11 is 8.99. The van der Waals surface area contributed by atoms with Gasteiger partial charge in [-0.2, -0.15) is 5.10 Å². The van der Waals surface area contributed by atoms with E-state index < -0.39 is 0 Å². The van der Waals surface area contributed by atoms with Gasteiger partial charge < -0.3 is 9.40 Å². The van der Waals surface area contributed by atoms with Crippen molar-refractivity contribution in [1.82, 2.24) is 15.0 Å². The molecule has 9 heteroatoms. The van der Waals surface area contributed by atoms with Gasteiger partial charge in [-0.1, -0.05) is 29.4 Å². The molecule has 1 atom stereocenters. The maximum absolute atomic E-state index is 13.0. The molecule has 0 unspecified atom stereocenters. The van der Waals surface area contributed by atoms with Gasteiger partial charge in [0.05, 0.1) is 33.6 Å². The predicted molar refractivity (Wildman–Crippen MR) is 116 cm³/mol. The summed E-state index contributed by atoms with van der Waals surface area (Å²) in [6.45, 7) is 0. The molecule has 0 saturated carbocycles. The first kappa shape index (κ1) is 18.5. The number of hydrogen-bond acceptors (Lipinski definition) is 6. The lowest BCUT2D eigenvalue weighted by atomic mass is 10.1. The van der Waals surface area contributed by atoms with Gasteiger partial charge in [-0.3, -0.25) is 4.79 Å². The number of hydrazone groups is 1. The van der Waals surface area contributed by atoms with E-state index >= 15 is 0 Å². The highest BCUT2D eigenvalue weighted by Gasteiger charge is 2.35. The van der Waals surface area contributed by atoms with Crippen LogP contribution in [-0.2, 0) is 4.79 Å². The van der Waals surface area contributed by atoms with Crippen LogP contribution in [-0.4, -0.2) is 32.3 Å². The van der Waals surface area contributed by atoms with Crippen molar-refractivity contribution >= 4 is 57.4 Å². The number of carbonyl (C=O) groups excluding carboxylic acids is 1. The number of aromatic nitrogens is 2. The molecule has 6 nitrogen and oxygen atoms in total. The Balaban J connectivity index is 1.35. The monoisotopic (exact) mass is 442 g/mol. The second-order valence-corrected chi connectivity index (χ2v) is 8.84. The Morgan fingerprint density at radius 1 is 1.34 bits per heavy atom. The van der Waals surface area contributed by atoms with Gasteiger partial charge in [-0.05, 0) is 41.8 Å². The molecule has 0 saturated heterocycles. The number of H-pyrrole nitrogens is 1. The van der Waals surface area contributed by atoms with Crippen LogP contribution >= 0.6 is 34.7 Å². The van der Waals surface area contributed by atoms with Crippen molar-refractivity contribution in [3.05, 3.63) is 69.8 Å². The molecule has 1 N–H and O–H groups in total. The Hall–Kier alpha value is -2.55. The van der Waals surface area contributed by atoms with Crippen molar-refractivity contribution < 1.29 is 9.21 Å². The van der Waals surface area contributed by atoms with Gasteiger partial charge in [0, 0.05) is 11.4 Å². The highest BCUT2D eigenvalue weighted by molar-refractivity contribution is 7.99. The Morgan fingerprint density at radius 3 is 3.07 bits per heavy atom. The van der Waals surface area contributed by atoms with Crippen molar-refractivity contribution in [2.45, 2.75) is 17.6 Å². The van der Waals surface area contributed by atoms with E-state index in [1.807, 2.05) is 41.8 Å². The van der Waals surface area contributed by atoms with Crippen LogP contribution in [0.1, 0.15) is 23.1 Å². The van der Waals surface area contributed by atoms with E-state index in [4.69, 9.17) is 16.0 Å². The fourth-order valence-corrected chi connectivity index (χ4v) is 4.89. The molecule has 1 aromatic carbocycles. The fourth-order valence-electron chi connectivity index (χ4n) is 3.26. The van der Waals surface area contributed by atoms with Crippen molar-refractivity contribution in [3.8, 4) is 0 Å². The first-order valence-corrected chi connectivity index (χ1v) is 11.2. The van der Waals surface area contributed by atoms with Gasteiger partial charge in [0.1, 0.15) is 11.8 Å². The second kappa shape index (κ2) is 7.70. The van der Waals surface area contributed by atoms with Crippen LogP contribution in [0.25, 0.3) is 11.0 Å². The van der Waals surface area contributed by atoms with Gasteiger partial charge in [0.2, 0.25) is 0 Å². The Labute approximate surface area is 179 Å². The summed E-state index contributed by atoms with van der Waals surface area (Å²) in [7, 11) is 0. The molecular formula is C20H15ClN4O2S2. The Bertz CT molecular complexity index is 1180. The molecule has 29 heavy (non-hydrogen) atoms. The minimum Gasteiger partial charge on any atom is -0.467 e. The number of nitrogens with zero attached hydrogens (tertiary/aromatic N) is 3. The maximum atomic E-state index is 13.0. The second-order valence-electron chi connectivity index (χ2n) is 6.49. The van der Waals surface area contributed by atoms with Crippen molar-refractivity contribution in [2.24, 2.45) is 5.10 Å². The number of thiophene rings is 1. The summed E-state index contributed by atoms with van der Waals surface area (Å²) in [4.78, 5) is 21.8. The topological polar surface area (TPSA) is 74.5 Å². The Kier molecular flexibility index (Phi) is 4.91. The van der Waals surface area contributed by atoms with Gasteiger partial charge in [0.15, 0.2) is 5.16 Å². The number of fused-ring (bicyclic) bond motifs is 1. The lowest BCUT2D eigenvalue weighted by Gasteiger charge is -2.19. The highest BCUT2D eigenvalue weighted by Crippen LogP contribution is 2.34. The van der Waals surface area contributed by atoms with E-state index in [0.29, 0.717) is 16.6 Å². The van der Waals surface area contributed by atoms with Crippen LogP contribution < -0.4 is 0 Å². The summed E-state index contributed by atoms with van der Waals surface area (Å²) in [6.07, 6.45) is 2.25. The normalized spacial score (nSPS) is 16.5. The minimum absolute atomic E-state index is 0.0959. The standard InChI is InChI=1S/C20H15ClN4O2S2/c21-12-5-6-13-14(9-12)23-20(22-13)29-11-19(26)25-16(17-3-1-7-27-17)10-15(24-25)18-4-2-8-28-18/h1-9,16H,10-11H2,(H,22,23)/t16-/m0/s1. The molecule has 5 rings (SSSR count). The number of aromatic amines is 1. The number of imidazole rings is 1. The number of rotatable bonds is 5. The van der Waals surface area contributed by atoms with Crippen molar-refractivity contribution in [2.75, 3.05) is 5.75 Å². The van der Waals surface area contributed by atoms with Gasteiger partial charge in [-0.25, -0.2) is 9.99 Å². The van der Waals surface area contributed by atoms with Crippen molar-refractivity contribution in [1.29, 1.82) is 0 Å². The first-order valence-electron chi connectivity index (χ1n) is 8.92. The molecule has 0 aliphatic carbocycles. The number of thioether (sulfide) groups is 1. The van der Waals surface area contributed by atoms with E-state index in [9.17, 15) is 4.79 Å². The molecule has 0 fully saturated rings. The molecular weight excluding hydrogens is 428 g/mol. The number of amides is 1. The van der Waals surface area contributed by atoms with Gasteiger partial charge in [0.25, 0.3) is 5.91 Å². The molecule has 3 aromatic heterocycles. The SMILES string of the molecule is O=C(CSc1nc2ccc(Cl)cc2[nH]1)N1N=C(c2cccs2)C[C@H]1c1ccco1. The summed E-state index contributed by atoms with van der Waals surface area (Å²) in [5.74, 6) is 0.852. The van der Waals surface area contributed by atoms with Gasteiger partial charge >= 0.3 is 0 Å². The van der Waals surface area contributed by atoms with E-state index in [0.717, 1.165) is 27.4 Å². The summed E-state index contributed by atoms with van der Waals surface area (Å²) in [5.41, 5.74) is 2.57. The maximum Gasteiger partial charge on any atom is 0.253 e. The van der Waals surface area contributed by atoms with Crippen LogP contribution in [0.3, 0.4) is 0 Å². The average molecular weight is 443 g/mol. The molecule has 0 spiro atoms. The van der Waals surface area contributed by atoms with E-state index in [2.05, 4.69) is 15.1 Å². The largest absolute Gasteiger partial charge is 0.467 e. The molecule has 4 heterocycles. The van der Waals surface area contributed by atoms with E-state index in [-0.39, 0.29) is 17.7 Å². The third-order valence-corrected chi connectivity index (χ3v) is 6.61. The lowest BCUT2D eigenvalue weighted by Crippen LogP contribution is -2.28. The molecule has 4 aromatic rings. The summed E-state index contributed by atoms with van der Waals surface area (Å²) in [6, 6.07) is 13.0. The van der Waals surface area contributed by atoms with Crippen LogP contribution in [0, 0.1) is 0 Å². The third kappa shape index (κ3) is 3.71. The molecule has 0 radical (unpaired) electrons. The van der Waals surface area contributed by atoms with Crippen LogP contribution in [0.4, 0.5) is 0 Å². The quantitative estimate of drug-likeness (QED) is 0.423. The lowest BCUT2D eigenvalue weighted by molar-refractivity contribution is -0.130. The zero-order valence-corrected chi connectivity index (χ0v) is 17.4. The summed E-state index contributed by atoms with van der Waals surface area (Å²) < 4.78 is 5.58. The van der Waals surface area contributed by atoms with E-state index in [1.165, 1.54) is 11.8 Å². The number of halogens is 1. The van der Waals surface area contributed by atoms with Crippen molar-refractivity contribution in [3.63, 3.8) is 0 Å². The number of carbonyl (C=O) groups is 1. The fraction of sp³-hybridized carbons (Fsp3) is 0.150. The molecule has 0 bridgehead atoms. The minimum atomic E-state index is -0.232. The molecule has 1 amide bonds. The Morgan fingerprint density at radius 2 is 2.28 bits per heavy atom. The average Bonchev–Trinajstić information content (AvgIpc) is 3.51. The molecule has 1 aliphatic rings. The number of nitrogens with one attached hydrogen (secondary N) is 1. The van der Waals surface area contributed by atoms with Crippen LogP contribution in [0.2, 0.25) is 5.02 Å². The predicted octanol–water partition coefficient (Wildman–Crippen LogP) is 5.34. The van der Waals surface area contributed by atoms with Crippen LogP contribution in [0.15, 0.2) is 68.8 Å². The highest BCUT2D eigenvalue weighted by atomic mass is 35.5. The zero-order chi connectivity index (χ0) is 19.8. The number of furan rings is 1. The smallest absolute Gasteiger partial charge is 0.253 e. The zero-order valence-electron chi connectivity index (χ0n) is 15.0. The molecule has 146 valence electrons. The number of benzene rings is 1. The number of hydrogen-bond donors (Lipinski definition) is 1. The van der Waals surface area contributed by atoms with Crippen LogP contribution in [0.5, 0.6) is 0 Å². The van der Waals surface area contributed by atoms with Gasteiger partial charge in [-0.15, -0.1) is 11.3 Å². The molecule has 1 aliphatic heterocycles. The third-order valence-electron chi connectivity index (χ3n) is 4.60. The summed E-state index contributed by atoms with van der Waals surface area (Å²) in [5, 5.41) is 9.49.